The minimum absolute atomic E-state index is 0.413. The van der Waals surface area contributed by atoms with E-state index in [0.717, 1.165) is 52.1 Å². The molecule has 0 bridgehead atoms. The predicted molar refractivity (Wildman–Crippen MR) is 140 cm³/mol. The van der Waals surface area contributed by atoms with E-state index in [-0.39, 0.29) is 0 Å². The molecular weight excluding hydrogens is 466 g/mol. The first kappa shape index (κ1) is 24.2. The lowest BCUT2D eigenvalue weighted by atomic mass is 10.1. The van der Waals surface area contributed by atoms with E-state index in [1.807, 2.05) is 48.0 Å². The summed E-state index contributed by atoms with van der Waals surface area (Å²) in [5.74, 6) is 1.53. The smallest absolute Gasteiger partial charge is 0.139 e. The zero-order valence-corrected chi connectivity index (χ0v) is 21.8. The molecule has 0 saturated heterocycles. The summed E-state index contributed by atoms with van der Waals surface area (Å²) in [6.07, 6.45) is 3.45. The highest BCUT2D eigenvalue weighted by Crippen LogP contribution is 2.28. The van der Waals surface area contributed by atoms with Gasteiger partial charge >= 0.3 is 0 Å². The quantitative estimate of drug-likeness (QED) is 0.155. The number of nitrogens with one attached hydrogen (secondary N) is 1. The molecule has 3 aromatic heterocycles. The van der Waals surface area contributed by atoms with Gasteiger partial charge in [0.2, 0.25) is 0 Å². The van der Waals surface area contributed by atoms with Crippen molar-refractivity contribution in [2.24, 2.45) is 0 Å². The first-order valence-corrected chi connectivity index (χ1v) is 15.4. The summed E-state index contributed by atoms with van der Waals surface area (Å²) in [7, 11) is -1.11. The van der Waals surface area contributed by atoms with E-state index in [1.54, 1.807) is 18.5 Å². The van der Waals surface area contributed by atoms with Crippen LogP contribution in [0.25, 0.3) is 10.8 Å². The Hall–Kier alpha value is -2.94. The number of pyridine rings is 2. The van der Waals surface area contributed by atoms with Crippen LogP contribution < -0.4 is 10.1 Å². The van der Waals surface area contributed by atoms with E-state index < -0.39 is 8.07 Å². The minimum atomic E-state index is -1.11. The Morgan fingerprint density at radius 2 is 1.91 bits per heavy atom. The van der Waals surface area contributed by atoms with Crippen molar-refractivity contribution < 1.29 is 9.47 Å². The number of hydrogen-bond donors (Lipinski definition) is 1. The molecule has 1 aromatic carbocycles. The third-order valence-electron chi connectivity index (χ3n) is 5.31. The molecular formula is C25H30ClN5O2Si. The molecule has 0 spiro atoms. The summed E-state index contributed by atoms with van der Waals surface area (Å²) in [5, 5.41) is 10.3. The molecule has 4 rings (SSSR count). The predicted octanol–water partition coefficient (Wildman–Crippen LogP) is 6.42. The molecule has 1 N–H and O–H groups in total. The van der Waals surface area contributed by atoms with Crippen molar-refractivity contribution in [2.45, 2.75) is 45.9 Å². The first-order valence-electron chi connectivity index (χ1n) is 11.3. The Morgan fingerprint density at radius 3 is 2.68 bits per heavy atom. The van der Waals surface area contributed by atoms with Crippen LogP contribution in [0, 0.1) is 6.92 Å². The highest BCUT2D eigenvalue weighted by Gasteiger charge is 2.13. The molecule has 7 nitrogen and oxygen atoms in total. The van der Waals surface area contributed by atoms with Gasteiger partial charge in [-0.2, -0.15) is 5.10 Å². The van der Waals surface area contributed by atoms with Gasteiger partial charge in [-0.05, 0) is 60.8 Å². The average Bonchev–Trinajstić information content (AvgIpc) is 3.15. The molecule has 0 atom stereocenters. The van der Waals surface area contributed by atoms with E-state index in [9.17, 15) is 0 Å². The molecule has 0 saturated carbocycles. The van der Waals surface area contributed by atoms with Crippen molar-refractivity contribution in [3.63, 3.8) is 0 Å². The Bertz CT molecular complexity index is 1250. The maximum Gasteiger partial charge on any atom is 0.139 e. The Kier molecular flexibility index (Phi) is 7.50. The van der Waals surface area contributed by atoms with Crippen molar-refractivity contribution >= 4 is 42.0 Å². The van der Waals surface area contributed by atoms with E-state index in [1.165, 1.54) is 0 Å². The average molecular weight is 496 g/mol. The molecule has 0 aliphatic heterocycles. The minimum Gasteiger partial charge on any atom is -0.487 e. The number of aromatic nitrogens is 4. The second-order valence-corrected chi connectivity index (χ2v) is 15.5. The van der Waals surface area contributed by atoms with Gasteiger partial charge in [0.15, 0.2) is 0 Å². The molecule has 0 amide bonds. The van der Waals surface area contributed by atoms with Crippen LogP contribution in [0.2, 0.25) is 30.8 Å². The first-order chi connectivity index (χ1) is 16.3. The molecule has 0 aliphatic rings. The second kappa shape index (κ2) is 10.5. The van der Waals surface area contributed by atoms with Gasteiger partial charge in [-0.1, -0.05) is 31.2 Å². The molecule has 178 valence electrons. The number of nitrogens with zero attached hydrogens (tertiary/aromatic N) is 4. The van der Waals surface area contributed by atoms with Gasteiger partial charge in [-0.25, -0.2) is 14.6 Å². The van der Waals surface area contributed by atoms with Crippen molar-refractivity contribution in [3.05, 3.63) is 71.4 Å². The SMILES string of the molecule is Cc1cc(COc2ccc3c(Nc4ccc(Cl)nc4)nccc3c2)n(COCC[Si](C)(C)C)n1. The molecule has 0 radical (unpaired) electrons. The van der Waals surface area contributed by atoms with Gasteiger partial charge in [-0.15, -0.1) is 0 Å². The van der Waals surface area contributed by atoms with Crippen molar-refractivity contribution in [3.8, 4) is 5.75 Å². The second-order valence-electron chi connectivity index (χ2n) is 9.45. The molecule has 3 heterocycles. The lowest BCUT2D eigenvalue weighted by Crippen LogP contribution is -2.22. The van der Waals surface area contributed by atoms with Gasteiger partial charge in [0.05, 0.1) is 23.3 Å². The maximum absolute atomic E-state index is 6.11. The Labute approximate surface area is 206 Å². The van der Waals surface area contributed by atoms with Crippen LogP contribution in [-0.2, 0) is 18.1 Å². The van der Waals surface area contributed by atoms with Gasteiger partial charge in [0.1, 0.15) is 30.1 Å². The summed E-state index contributed by atoms with van der Waals surface area (Å²) in [6, 6.07) is 14.7. The number of benzene rings is 1. The van der Waals surface area contributed by atoms with Crippen LogP contribution in [0.1, 0.15) is 11.4 Å². The van der Waals surface area contributed by atoms with Gasteiger partial charge in [0.25, 0.3) is 0 Å². The van der Waals surface area contributed by atoms with Crippen molar-refractivity contribution in [2.75, 3.05) is 11.9 Å². The molecule has 0 unspecified atom stereocenters. The molecule has 0 fully saturated rings. The summed E-state index contributed by atoms with van der Waals surface area (Å²) < 4.78 is 13.9. The van der Waals surface area contributed by atoms with Crippen LogP contribution in [0.3, 0.4) is 0 Å². The van der Waals surface area contributed by atoms with Crippen LogP contribution in [0.4, 0.5) is 11.5 Å². The number of aryl methyl sites for hydroxylation is 1. The Morgan fingerprint density at radius 1 is 1.06 bits per heavy atom. The molecule has 34 heavy (non-hydrogen) atoms. The van der Waals surface area contributed by atoms with E-state index in [0.29, 0.717) is 18.5 Å². The molecule has 9 heteroatoms. The zero-order valence-electron chi connectivity index (χ0n) is 20.0. The molecule has 0 aliphatic carbocycles. The standard InChI is InChI=1S/C25H30ClN5O2Si/c1-18-13-21(31(30-18)17-32-11-12-34(2,3)4)16-33-22-6-7-23-19(14-22)9-10-27-25(23)29-20-5-8-24(26)28-15-20/h5-10,13-15H,11-12,16-17H2,1-4H3,(H,27,29). The van der Waals surface area contributed by atoms with E-state index in [4.69, 9.17) is 21.1 Å². The van der Waals surface area contributed by atoms with Gasteiger partial charge in [0, 0.05) is 26.3 Å². The number of fused-ring (bicyclic) bond motifs is 1. The summed E-state index contributed by atoms with van der Waals surface area (Å²) in [6.45, 7) is 10.6. The number of rotatable bonds is 10. The van der Waals surface area contributed by atoms with Gasteiger partial charge in [-0.3, -0.25) is 0 Å². The largest absolute Gasteiger partial charge is 0.487 e. The lowest BCUT2D eigenvalue weighted by molar-refractivity contribution is 0.0737. The summed E-state index contributed by atoms with van der Waals surface area (Å²) >= 11 is 5.88. The van der Waals surface area contributed by atoms with Crippen LogP contribution in [0.15, 0.2) is 54.9 Å². The highest BCUT2D eigenvalue weighted by atomic mass is 35.5. The lowest BCUT2D eigenvalue weighted by Gasteiger charge is -2.16. The third kappa shape index (κ3) is 6.56. The summed E-state index contributed by atoms with van der Waals surface area (Å²) in [4.78, 5) is 8.58. The fraction of sp³-hybridized carbons (Fsp3) is 0.320. The van der Waals surface area contributed by atoms with Crippen LogP contribution in [0.5, 0.6) is 5.75 Å². The fourth-order valence-corrected chi connectivity index (χ4v) is 4.31. The number of anilines is 2. The Balaban J connectivity index is 1.42. The number of ether oxygens (including phenoxy) is 2. The normalized spacial score (nSPS) is 11.7. The topological polar surface area (TPSA) is 74.1 Å². The van der Waals surface area contributed by atoms with Gasteiger partial charge < -0.3 is 14.8 Å². The number of hydrogen-bond acceptors (Lipinski definition) is 6. The van der Waals surface area contributed by atoms with E-state index in [2.05, 4.69) is 40.0 Å². The third-order valence-corrected chi connectivity index (χ3v) is 7.24. The molecule has 4 aromatic rings. The maximum atomic E-state index is 6.11. The van der Waals surface area contributed by atoms with Crippen molar-refractivity contribution in [1.29, 1.82) is 0 Å². The van der Waals surface area contributed by atoms with Crippen LogP contribution >= 0.6 is 11.6 Å². The van der Waals surface area contributed by atoms with Crippen LogP contribution in [-0.4, -0.2) is 34.4 Å². The fourth-order valence-electron chi connectivity index (χ4n) is 3.45. The monoisotopic (exact) mass is 495 g/mol. The van der Waals surface area contributed by atoms with Crippen molar-refractivity contribution in [1.82, 2.24) is 19.7 Å². The number of halogens is 1. The van der Waals surface area contributed by atoms with E-state index >= 15 is 0 Å². The summed E-state index contributed by atoms with van der Waals surface area (Å²) in [5.41, 5.74) is 2.75. The zero-order chi connectivity index (χ0) is 24.1. The highest BCUT2D eigenvalue weighted by molar-refractivity contribution is 6.76.